The first-order chi connectivity index (χ1) is 19.0. The fourth-order valence-corrected chi connectivity index (χ4v) is 6.39. The maximum absolute atomic E-state index is 12.6. The molecule has 232 valence electrons. The van der Waals surface area contributed by atoms with E-state index in [0.29, 0.717) is 36.6 Å². The van der Waals surface area contributed by atoms with Crippen molar-refractivity contribution in [2.45, 2.75) is 116 Å². The van der Waals surface area contributed by atoms with Crippen LogP contribution in [0.25, 0.3) is 0 Å². The van der Waals surface area contributed by atoms with Gasteiger partial charge in [0, 0.05) is 44.2 Å². The second kappa shape index (κ2) is 16.4. The number of carbonyl (C=O) groups is 2. The molecule has 10 nitrogen and oxygen atoms in total. The molecule has 0 bridgehead atoms. The topological polar surface area (TPSA) is 124 Å². The van der Waals surface area contributed by atoms with E-state index in [2.05, 4.69) is 40.0 Å². The van der Waals surface area contributed by atoms with Crippen LogP contribution in [-0.4, -0.2) is 97.9 Å². The molecule has 0 spiro atoms. The van der Waals surface area contributed by atoms with E-state index in [1.807, 2.05) is 20.8 Å². The second-order valence-corrected chi connectivity index (χ2v) is 13.3. The van der Waals surface area contributed by atoms with E-state index in [1.54, 1.807) is 0 Å². The van der Waals surface area contributed by atoms with Crippen molar-refractivity contribution in [3.8, 4) is 0 Å². The SMILES string of the molecule is CC(C)N(CCO)CCOC1CCC(NC2NCC(C3CCC(C(=O)NCC(=O)OC(C)(C)C)CC3)CN2)CC1. The third-order valence-electron chi connectivity index (χ3n) is 8.73. The average Bonchev–Trinajstić information content (AvgIpc) is 2.92. The van der Waals surface area contributed by atoms with Crippen molar-refractivity contribution in [2.75, 3.05) is 45.9 Å². The molecule has 2 aliphatic carbocycles. The van der Waals surface area contributed by atoms with Crippen LogP contribution in [-0.2, 0) is 19.1 Å². The number of hydrogen-bond donors (Lipinski definition) is 5. The third kappa shape index (κ3) is 11.5. The molecular formula is C30H57N5O5. The lowest BCUT2D eigenvalue weighted by Gasteiger charge is -2.40. The van der Waals surface area contributed by atoms with Crippen LogP contribution in [0.1, 0.15) is 86.0 Å². The molecule has 0 radical (unpaired) electrons. The molecule has 0 aromatic heterocycles. The zero-order valence-electron chi connectivity index (χ0n) is 25.7. The molecule has 2 saturated carbocycles. The van der Waals surface area contributed by atoms with Crippen molar-refractivity contribution in [1.29, 1.82) is 0 Å². The van der Waals surface area contributed by atoms with Crippen LogP contribution in [0.2, 0.25) is 0 Å². The van der Waals surface area contributed by atoms with Gasteiger partial charge in [-0.1, -0.05) is 0 Å². The summed E-state index contributed by atoms with van der Waals surface area (Å²) >= 11 is 0. The minimum absolute atomic E-state index is 0.00796. The summed E-state index contributed by atoms with van der Waals surface area (Å²) in [5, 5.41) is 23.1. The van der Waals surface area contributed by atoms with E-state index in [-0.39, 0.29) is 37.2 Å². The average molecular weight is 568 g/mol. The minimum Gasteiger partial charge on any atom is -0.459 e. The molecule has 0 unspecified atom stereocenters. The normalized spacial score (nSPS) is 29.9. The monoisotopic (exact) mass is 567 g/mol. The maximum Gasteiger partial charge on any atom is 0.325 e. The van der Waals surface area contributed by atoms with Crippen LogP contribution in [0.15, 0.2) is 0 Å². The first-order valence-corrected chi connectivity index (χ1v) is 15.7. The number of nitrogens with one attached hydrogen (secondary N) is 4. The number of ether oxygens (including phenoxy) is 2. The van der Waals surface area contributed by atoms with Crippen LogP contribution < -0.4 is 21.3 Å². The van der Waals surface area contributed by atoms with Gasteiger partial charge in [0.05, 0.1) is 19.3 Å². The molecule has 1 amide bonds. The molecule has 0 aromatic rings. The van der Waals surface area contributed by atoms with Gasteiger partial charge in [-0.3, -0.25) is 30.4 Å². The summed E-state index contributed by atoms with van der Waals surface area (Å²) in [6.07, 6.45) is 8.77. The number of hydrogen-bond acceptors (Lipinski definition) is 9. The predicted octanol–water partition coefficient (Wildman–Crippen LogP) is 1.96. The number of aliphatic hydroxyl groups excluding tert-OH is 1. The maximum atomic E-state index is 12.6. The molecule has 3 fully saturated rings. The Balaban J connectivity index is 1.26. The summed E-state index contributed by atoms with van der Waals surface area (Å²) in [6, 6.07) is 0.919. The van der Waals surface area contributed by atoms with Gasteiger partial charge in [0.25, 0.3) is 0 Å². The Hall–Kier alpha value is -1.30. The minimum atomic E-state index is -0.539. The van der Waals surface area contributed by atoms with Gasteiger partial charge in [0.1, 0.15) is 18.4 Å². The lowest BCUT2D eigenvalue weighted by Crippen LogP contribution is -2.63. The largest absolute Gasteiger partial charge is 0.459 e. The predicted molar refractivity (Wildman–Crippen MR) is 157 cm³/mol. The summed E-state index contributed by atoms with van der Waals surface area (Å²) in [6.45, 7) is 14.2. The highest BCUT2D eigenvalue weighted by atomic mass is 16.6. The second-order valence-electron chi connectivity index (χ2n) is 13.3. The van der Waals surface area contributed by atoms with Crippen molar-refractivity contribution in [3.05, 3.63) is 0 Å². The first kappa shape index (κ1) is 33.2. The molecule has 5 N–H and O–H groups in total. The Morgan fingerprint density at radius 2 is 1.60 bits per heavy atom. The Bertz CT molecular complexity index is 752. The summed E-state index contributed by atoms with van der Waals surface area (Å²) in [7, 11) is 0. The van der Waals surface area contributed by atoms with Gasteiger partial charge in [-0.25, -0.2) is 0 Å². The lowest BCUT2D eigenvalue weighted by molar-refractivity contribution is -0.154. The molecular weight excluding hydrogens is 510 g/mol. The zero-order valence-corrected chi connectivity index (χ0v) is 25.7. The molecule has 0 aromatic carbocycles. The Labute approximate surface area is 242 Å². The highest BCUT2D eigenvalue weighted by Gasteiger charge is 2.34. The number of esters is 1. The van der Waals surface area contributed by atoms with E-state index >= 15 is 0 Å². The first-order valence-electron chi connectivity index (χ1n) is 15.7. The van der Waals surface area contributed by atoms with Gasteiger partial charge in [0.2, 0.25) is 5.91 Å². The van der Waals surface area contributed by atoms with Crippen molar-refractivity contribution in [2.24, 2.45) is 17.8 Å². The smallest absolute Gasteiger partial charge is 0.325 e. The number of rotatable bonds is 13. The van der Waals surface area contributed by atoms with Crippen molar-refractivity contribution in [1.82, 2.24) is 26.2 Å². The van der Waals surface area contributed by atoms with E-state index in [9.17, 15) is 14.7 Å². The van der Waals surface area contributed by atoms with Gasteiger partial charge in [-0.05, 0) is 97.8 Å². The molecule has 1 heterocycles. The molecule has 0 atom stereocenters. The molecule has 1 saturated heterocycles. The highest BCUT2D eigenvalue weighted by Crippen LogP contribution is 2.34. The number of aliphatic hydroxyl groups is 1. The standard InChI is InChI=1S/C30H57N5O5/c1-21(2)35(14-16-36)15-17-39-26-12-10-25(11-13-26)34-29-32-18-24(19-33-29)22-6-8-23(9-7-22)28(38)31-20-27(37)40-30(3,4)5/h21-26,29,32-34,36H,6-20H2,1-5H3,(H,31,38). The highest BCUT2D eigenvalue weighted by molar-refractivity contribution is 5.83. The lowest BCUT2D eigenvalue weighted by atomic mass is 9.75. The van der Waals surface area contributed by atoms with Crippen LogP contribution in [0.4, 0.5) is 0 Å². The Morgan fingerprint density at radius 3 is 2.17 bits per heavy atom. The summed E-state index contributed by atoms with van der Waals surface area (Å²) < 4.78 is 11.4. The van der Waals surface area contributed by atoms with Gasteiger partial charge < -0.3 is 19.9 Å². The van der Waals surface area contributed by atoms with Gasteiger partial charge in [0.15, 0.2) is 0 Å². The van der Waals surface area contributed by atoms with Crippen LogP contribution in [0.3, 0.4) is 0 Å². The van der Waals surface area contributed by atoms with Crippen LogP contribution in [0.5, 0.6) is 0 Å². The quantitative estimate of drug-likeness (QED) is 0.213. The molecule has 1 aliphatic heterocycles. The van der Waals surface area contributed by atoms with Gasteiger partial charge >= 0.3 is 5.97 Å². The van der Waals surface area contributed by atoms with E-state index in [4.69, 9.17) is 9.47 Å². The van der Waals surface area contributed by atoms with Crippen molar-refractivity contribution < 1.29 is 24.2 Å². The van der Waals surface area contributed by atoms with Gasteiger partial charge in [-0.15, -0.1) is 0 Å². The number of amides is 1. The van der Waals surface area contributed by atoms with Crippen LogP contribution >= 0.6 is 0 Å². The summed E-state index contributed by atoms with van der Waals surface area (Å²) in [5.74, 6) is 0.776. The van der Waals surface area contributed by atoms with Gasteiger partial charge in [-0.2, -0.15) is 0 Å². The summed E-state index contributed by atoms with van der Waals surface area (Å²) in [4.78, 5) is 26.7. The summed E-state index contributed by atoms with van der Waals surface area (Å²) in [5.41, 5.74) is -0.539. The Morgan fingerprint density at radius 1 is 0.950 bits per heavy atom. The molecule has 3 rings (SSSR count). The van der Waals surface area contributed by atoms with E-state index < -0.39 is 5.60 Å². The fraction of sp³-hybridized carbons (Fsp3) is 0.933. The molecule has 40 heavy (non-hydrogen) atoms. The number of carbonyl (C=O) groups excluding carboxylic acids is 2. The van der Waals surface area contributed by atoms with Crippen molar-refractivity contribution in [3.63, 3.8) is 0 Å². The number of nitrogens with zero attached hydrogens (tertiary/aromatic N) is 1. The molecule has 3 aliphatic rings. The zero-order chi connectivity index (χ0) is 29.1. The third-order valence-corrected chi connectivity index (χ3v) is 8.73. The van der Waals surface area contributed by atoms with E-state index in [0.717, 1.165) is 77.6 Å². The Kier molecular flexibility index (Phi) is 13.6. The fourth-order valence-electron chi connectivity index (χ4n) is 6.39. The van der Waals surface area contributed by atoms with Crippen molar-refractivity contribution >= 4 is 11.9 Å². The van der Waals surface area contributed by atoms with E-state index in [1.165, 1.54) is 0 Å². The molecule has 10 heteroatoms. The van der Waals surface area contributed by atoms with Crippen LogP contribution in [0, 0.1) is 17.8 Å².